The Bertz CT molecular complexity index is 1240. The number of rotatable bonds is 4. The minimum absolute atomic E-state index is 0.00603. The van der Waals surface area contributed by atoms with E-state index in [2.05, 4.69) is 35.3 Å². The van der Waals surface area contributed by atoms with Crippen LogP contribution >= 0.6 is 0 Å². The van der Waals surface area contributed by atoms with Crippen molar-refractivity contribution >= 4 is 16.7 Å². The van der Waals surface area contributed by atoms with Gasteiger partial charge in [-0.05, 0) is 48.9 Å². The summed E-state index contributed by atoms with van der Waals surface area (Å²) in [6.07, 6.45) is 4.44. The summed E-state index contributed by atoms with van der Waals surface area (Å²) in [5, 5.41) is 12.9. The van der Waals surface area contributed by atoms with Gasteiger partial charge < -0.3 is 14.6 Å². The lowest BCUT2D eigenvalue weighted by molar-refractivity contribution is 0.0636. The summed E-state index contributed by atoms with van der Waals surface area (Å²) in [4.78, 5) is 32.1. The number of aromatic nitrogens is 2. The van der Waals surface area contributed by atoms with Crippen molar-refractivity contribution in [2.45, 2.75) is 58.0 Å². The molecule has 0 radical (unpaired) electrons. The molecular formula is C26H29N3O3. The van der Waals surface area contributed by atoms with Gasteiger partial charge in [-0.3, -0.25) is 9.59 Å². The molecule has 2 aliphatic rings. The molecule has 5 rings (SSSR count). The number of hydrogen-bond acceptors (Lipinski definition) is 4. The Morgan fingerprint density at radius 1 is 1.00 bits per heavy atom. The normalized spacial score (nSPS) is 17.8. The van der Waals surface area contributed by atoms with Crippen LogP contribution in [0.25, 0.3) is 10.8 Å². The molecule has 1 atom stereocenters. The average Bonchev–Trinajstić information content (AvgIpc) is 3.31. The van der Waals surface area contributed by atoms with Crippen LogP contribution in [0.5, 0.6) is 5.75 Å². The molecule has 1 saturated carbocycles. The van der Waals surface area contributed by atoms with E-state index in [1.54, 1.807) is 4.90 Å². The van der Waals surface area contributed by atoms with Crippen LogP contribution in [-0.4, -0.2) is 38.1 Å². The van der Waals surface area contributed by atoms with Crippen LogP contribution in [0.3, 0.4) is 0 Å². The molecule has 0 spiro atoms. The molecule has 2 aromatic carbocycles. The molecule has 1 amide bonds. The van der Waals surface area contributed by atoms with Gasteiger partial charge in [-0.2, -0.15) is 4.98 Å². The Kier molecular flexibility index (Phi) is 5.24. The zero-order valence-corrected chi connectivity index (χ0v) is 18.6. The molecule has 1 unspecified atom stereocenters. The Balaban J connectivity index is 1.71. The summed E-state index contributed by atoms with van der Waals surface area (Å²) < 4.78 is 1.82. The number of hydrogen-bond donors (Lipinski definition) is 1. The highest BCUT2D eigenvalue weighted by atomic mass is 16.3. The number of carbonyl (C=O) groups is 1. The van der Waals surface area contributed by atoms with E-state index in [1.165, 1.54) is 5.39 Å². The van der Waals surface area contributed by atoms with Gasteiger partial charge in [0, 0.05) is 25.0 Å². The number of benzene rings is 2. The molecule has 2 heterocycles. The van der Waals surface area contributed by atoms with E-state index in [9.17, 15) is 14.7 Å². The summed E-state index contributed by atoms with van der Waals surface area (Å²) in [6, 6.07) is 14.7. The van der Waals surface area contributed by atoms with Gasteiger partial charge in [-0.1, -0.05) is 55.3 Å². The molecule has 1 fully saturated rings. The molecule has 1 aromatic heterocycles. The van der Waals surface area contributed by atoms with Crippen LogP contribution in [-0.2, 0) is 6.54 Å². The Labute approximate surface area is 187 Å². The van der Waals surface area contributed by atoms with Crippen molar-refractivity contribution in [3.05, 3.63) is 69.9 Å². The van der Waals surface area contributed by atoms with Crippen molar-refractivity contribution in [1.82, 2.24) is 14.5 Å². The van der Waals surface area contributed by atoms with E-state index in [-0.39, 0.29) is 23.6 Å². The summed E-state index contributed by atoms with van der Waals surface area (Å²) in [7, 11) is 0. The van der Waals surface area contributed by atoms with E-state index in [4.69, 9.17) is 0 Å². The monoisotopic (exact) mass is 431 g/mol. The Morgan fingerprint density at radius 2 is 1.72 bits per heavy atom. The number of carbonyl (C=O) groups excluding carboxylic acids is 1. The second-order valence-electron chi connectivity index (χ2n) is 9.35. The van der Waals surface area contributed by atoms with Gasteiger partial charge in [0.15, 0.2) is 5.69 Å². The Morgan fingerprint density at radius 3 is 2.44 bits per heavy atom. The second kappa shape index (κ2) is 8.08. The van der Waals surface area contributed by atoms with Crippen LogP contribution in [0.2, 0.25) is 0 Å². The van der Waals surface area contributed by atoms with Crippen molar-refractivity contribution in [1.29, 1.82) is 0 Å². The zero-order chi connectivity index (χ0) is 22.4. The lowest BCUT2D eigenvalue weighted by Crippen LogP contribution is -2.46. The molecule has 1 aliphatic heterocycles. The average molecular weight is 432 g/mol. The van der Waals surface area contributed by atoms with E-state index >= 15 is 0 Å². The van der Waals surface area contributed by atoms with Gasteiger partial charge in [0.25, 0.3) is 5.91 Å². The van der Waals surface area contributed by atoms with Crippen molar-refractivity contribution in [3.63, 3.8) is 0 Å². The first-order valence-corrected chi connectivity index (χ1v) is 11.6. The third-order valence-corrected chi connectivity index (χ3v) is 7.12. The van der Waals surface area contributed by atoms with Gasteiger partial charge in [0.1, 0.15) is 5.82 Å². The fraction of sp³-hybridized carbons (Fsp3) is 0.423. The first-order valence-electron chi connectivity index (χ1n) is 11.6. The van der Waals surface area contributed by atoms with Gasteiger partial charge in [-0.15, -0.1) is 0 Å². The quantitative estimate of drug-likeness (QED) is 0.669. The van der Waals surface area contributed by atoms with E-state index in [0.717, 1.165) is 36.6 Å². The molecule has 3 aromatic rings. The number of amides is 1. The van der Waals surface area contributed by atoms with Crippen molar-refractivity contribution in [2.24, 2.45) is 5.92 Å². The largest absolute Gasteiger partial charge is 0.501 e. The van der Waals surface area contributed by atoms with Crippen molar-refractivity contribution in [3.8, 4) is 5.75 Å². The highest BCUT2D eigenvalue weighted by molar-refractivity contribution is 5.96. The molecule has 0 bridgehead atoms. The number of aromatic hydroxyl groups is 1. The van der Waals surface area contributed by atoms with E-state index < -0.39 is 11.3 Å². The fourth-order valence-electron chi connectivity index (χ4n) is 5.50. The first kappa shape index (κ1) is 20.7. The van der Waals surface area contributed by atoms with Crippen LogP contribution in [0.1, 0.15) is 67.3 Å². The van der Waals surface area contributed by atoms with Gasteiger partial charge in [0.2, 0.25) is 5.75 Å². The van der Waals surface area contributed by atoms with Crippen molar-refractivity contribution < 1.29 is 9.90 Å². The molecule has 0 saturated heterocycles. The maximum Gasteiger partial charge on any atom is 0.315 e. The minimum Gasteiger partial charge on any atom is -0.501 e. The SMILES string of the molecule is CC(C)N1CCn2c(C(c3ccc4ccccc4c3)C3CCCC3)nc(=O)c(O)c2C1=O. The first-order chi connectivity index (χ1) is 15.5. The smallest absolute Gasteiger partial charge is 0.315 e. The molecule has 1 N–H and O–H groups in total. The molecule has 1 aliphatic carbocycles. The summed E-state index contributed by atoms with van der Waals surface area (Å²) >= 11 is 0. The summed E-state index contributed by atoms with van der Waals surface area (Å²) in [6.45, 7) is 4.95. The van der Waals surface area contributed by atoms with E-state index in [0.29, 0.717) is 24.8 Å². The third kappa shape index (κ3) is 3.38. The molecule has 32 heavy (non-hydrogen) atoms. The van der Waals surface area contributed by atoms with Gasteiger partial charge in [0.05, 0.1) is 0 Å². The Hall–Kier alpha value is -3.15. The third-order valence-electron chi connectivity index (χ3n) is 7.12. The fourth-order valence-corrected chi connectivity index (χ4v) is 5.50. The number of fused-ring (bicyclic) bond motifs is 2. The molecular weight excluding hydrogens is 402 g/mol. The van der Waals surface area contributed by atoms with Crippen LogP contribution in [0, 0.1) is 5.92 Å². The topological polar surface area (TPSA) is 75.4 Å². The lowest BCUT2D eigenvalue weighted by Gasteiger charge is -2.36. The highest BCUT2D eigenvalue weighted by Crippen LogP contribution is 2.42. The lowest BCUT2D eigenvalue weighted by atomic mass is 9.83. The maximum atomic E-state index is 13.2. The standard InChI is InChI=1S/C26H29N3O3/c1-16(2)28-13-14-29-22(26(28)32)23(30)25(31)27-24(29)21(18-8-4-5-9-18)20-12-11-17-7-3-6-10-19(17)15-20/h3,6-7,10-12,15-16,18,21,30H,4-5,8-9,13-14H2,1-2H3. The van der Waals surface area contributed by atoms with Gasteiger partial charge in [-0.25, -0.2) is 0 Å². The summed E-state index contributed by atoms with van der Waals surface area (Å²) in [5.74, 6) is 0.0395. The van der Waals surface area contributed by atoms with Crippen LogP contribution in [0.15, 0.2) is 47.3 Å². The molecule has 6 heteroatoms. The molecule has 6 nitrogen and oxygen atoms in total. The minimum atomic E-state index is -0.714. The van der Waals surface area contributed by atoms with Crippen LogP contribution in [0.4, 0.5) is 0 Å². The maximum absolute atomic E-state index is 13.2. The summed E-state index contributed by atoms with van der Waals surface area (Å²) in [5.41, 5.74) is 0.486. The predicted molar refractivity (Wildman–Crippen MR) is 124 cm³/mol. The van der Waals surface area contributed by atoms with Gasteiger partial charge >= 0.3 is 5.56 Å². The van der Waals surface area contributed by atoms with Crippen LogP contribution < -0.4 is 5.56 Å². The van der Waals surface area contributed by atoms with E-state index in [1.807, 2.05) is 30.5 Å². The van der Waals surface area contributed by atoms with Crippen molar-refractivity contribution in [2.75, 3.05) is 6.54 Å². The number of nitrogens with zero attached hydrogens (tertiary/aromatic N) is 3. The predicted octanol–water partition coefficient (Wildman–Crippen LogP) is 4.29. The molecule has 166 valence electrons. The second-order valence-corrected chi connectivity index (χ2v) is 9.35. The highest BCUT2D eigenvalue weighted by Gasteiger charge is 2.37. The zero-order valence-electron chi connectivity index (χ0n) is 18.6.